The van der Waals surface area contributed by atoms with Gasteiger partial charge in [0.05, 0.1) is 11.7 Å². The number of fused-ring (bicyclic) bond motifs is 1. The molecule has 1 unspecified atom stereocenters. The summed E-state index contributed by atoms with van der Waals surface area (Å²) >= 11 is 0. The van der Waals surface area contributed by atoms with E-state index >= 15 is 0 Å². The standard InChI is InChI=1S/C15H19N3O2/c1-3-16-14(12-7-8-18(2)17-12)11-5-4-6-13-15(11)20-10-9-19-13/h4-8,14,16H,3,9-10H2,1-2H3. The molecule has 1 N–H and O–H groups in total. The van der Waals surface area contributed by atoms with Crippen molar-refractivity contribution in [3.05, 3.63) is 41.7 Å². The lowest BCUT2D eigenvalue weighted by molar-refractivity contribution is 0.169. The van der Waals surface area contributed by atoms with E-state index in [1.807, 2.05) is 36.1 Å². The number of rotatable bonds is 4. The van der Waals surface area contributed by atoms with Gasteiger partial charge in [0.1, 0.15) is 13.2 Å². The number of nitrogens with zero attached hydrogens (tertiary/aromatic N) is 2. The van der Waals surface area contributed by atoms with E-state index in [9.17, 15) is 0 Å². The third kappa shape index (κ3) is 2.36. The van der Waals surface area contributed by atoms with Crippen LogP contribution in [0.2, 0.25) is 0 Å². The largest absolute Gasteiger partial charge is 0.486 e. The minimum Gasteiger partial charge on any atom is -0.486 e. The van der Waals surface area contributed by atoms with Crippen LogP contribution in [0.25, 0.3) is 0 Å². The Bertz CT molecular complexity index is 595. The molecule has 0 aliphatic carbocycles. The number of para-hydroxylation sites is 1. The van der Waals surface area contributed by atoms with E-state index in [4.69, 9.17) is 9.47 Å². The van der Waals surface area contributed by atoms with E-state index in [0.717, 1.165) is 29.3 Å². The number of hydrogen-bond donors (Lipinski definition) is 1. The van der Waals surface area contributed by atoms with Gasteiger partial charge < -0.3 is 14.8 Å². The van der Waals surface area contributed by atoms with Gasteiger partial charge in [-0.2, -0.15) is 5.10 Å². The molecule has 2 heterocycles. The minimum absolute atomic E-state index is 0.0119. The number of aromatic nitrogens is 2. The molecular weight excluding hydrogens is 254 g/mol. The number of benzene rings is 1. The number of hydrogen-bond acceptors (Lipinski definition) is 4. The number of aryl methyl sites for hydroxylation is 1. The smallest absolute Gasteiger partial charge is 0.166 e. The fraction of sp³-hybridized carbons (Fsp3) is 0.400. The van der Waals surface area contributed by atoms with Gasteiger partial charge in [-0.3, -0.25) is 4.68 Å². The molecule has 0 amide bonds. The van der Waals surface area contributed by atoms with Crippen LogP contribution in [-0.4, -0.2) is 29.5 Å². The lowest BCUT2D eigenvalue weighted by Gasteiger charge is -2.25. The topological polar surface area (TPSA) is 48.3 Å². The third-order valence-electron chi connectivity index (χ3n) is 3.35. The van der Waals surface area contributed by atoms with E-state index < -0.39 is 0 Å². The molecule has 5 nitrogen and oxygen atoms in total. The van der Waals surface area contributed by atoms with E-state index in [2.05, 4.69) is 23.4 Å². The summed E-state index contributed by atoms with van der Waals surface area (Å²) in [6.45, 7) is 4.13. The van der Waals surface area contributed by atoms with Crippen LogP contribution >= 0.6 is 0 Å². The Morgan fingerprint density at radius 3 is 2.90 bits per heavy atom. The molecule has 5 heteroatoms. The maximum absolute atomic E-state index is 5.81. The second-order valence-corrected chi connectivity index (χ2v) is 4.78. The summed E-state index contributed by atoms with van der Waals surface area (Å²) < 4.78 is 13.3. The molecule has 3 rings (SSSR count). The summed E-state index contributed by atoms with van der Waals surface area (Å²) in [7, 11) is 1.92. The van der Waals surface area contributed by atoms with Gasteiger partial charge >= 0.3 is 0 Å². The van der Waals surface area contributed by atoms with Crippen molar-refractivity contribution in [2.45, 2.75) is 13.0 Å². The first kappa shape index (κ1) is 13.0. The van der Waals surface area contributed by atoms with Crippen LogP contribution in [0.4, 0.5) is 0 Å². The van der Waals surface area contributed by atoms with E-state index in [1.54, 1.807) is 0 Å². The van der Waals surface area contributed by atoms with Crippen molar-refractivity contribution in [3.63, 3.8) is 0 Å². The molecular formula is C15H19N3O2. The van der Waals surface area contributed by atoms with Crippen molar-refractivity contribution in [1.82, 2.24) is 15.1 Å². The highest BCUT2D eigenvalue weighted by Crippen LogP contribution is 2.38. The van der Waals surface area contributed by atoms with Crippen LogP contribution in [0.1, 0.15) is 24.2 Å². The molecule has 0 saturated heterocycles. The number of ether oxygens (including phenoxy) is 2. The van der Waals surface area contributed by atoms with Gasteiger partial charge in [-0.05, 0) is 18.7 Å². The van der Waals surface area contributed by atoms with Crippen LogP contribution in [0, 0.1) is 0 Å². The zero-order valence-electron chi connectivity index (χ0n) is 11.8. The highest BCUT2D eigenvalue weighted by atomic mass is 16.6. The Balaban J connectivity index is 2.03. The molecule has 1 aliphatic rings. The maximum atomic E-state index is 5.81. The quantitative estimate of drug-likeness (QED) is 0.924. The molecule has 1 aliphatic heterocycles. The van der Waals surface area contributed by atoms with Gasteiger partial charge in [0.25, 0.3) is 0 Å². The van der Waals surface area contributed by atoms with Gasteiger partial charge in [-0.15, -0.1) is 0 Å². The normalized spacial score (nSPS) is 15.1. The van der Waals surface area contributed by atoms with Crippen molar-refractivity contribution >= 4 is 0 Å². The summed E-state index contributed by atoms with van der Waals surface area (Å²) in [6.07, 6.45) is 1.95. The Morgan fingerprint density at radius 1 is 1.30 bits per heavy atom. The summed E-state index contributed by atoms with van der Waals surface area (Å²) in [5.74, 6) is 1.64. The average Bonchev–Trinajstić information content (AvgIpc) is 2.91. The first-order valence-corrected chi connectivity index (χ1v) is 6.91. The molecule has 0 saturated carbocycles. The predicted octanol–water partition coefficient (Wildman–Crippen LogP) is 1.89. The van der Waals surface area contributed by atoms with Crippen LogP contribution < -0.4 is 14.8 Å². The Hall–Kier alpha value is -2.01. The van der Waals surface area contributed by atoms with Gasteiger partial charge in [-0.1, -0.05) is 19.1 Å². The lowest BCUT2D eigenvalue weighted by Crippen LogP contribution is -2.25. The Morgan fingerprint density at radius 2 is 2.15 bits per heavy atom. The van der Waals surface area contributed by atoms with E-state index in [-0.39, 0.29) is 6.04 Å². The average molecular weight is 273 g/mol. The molecule has 1 atom stereocenters. The molecule has 1 aromatic heterocycles. The molecule has 0 bridgehead atoms. The minimum atomic E-state index is 0.0119. The fourth-order valence-corrected chi connectivity index (χ4v) is 2.49. The zero-order chi connectivity index (χ0) is 13.9. The molecule has 1 aromatic carbocycles. The summed E-state index contributed by atoms with van der Waals surface area (Å²) in [5, 5.41) is 7.98. The van der Waals surface area contributed by atoms with Crippen molar-refractivity contribution in [2.24, 2.45) is 7.05 Å². The van der Waals surface area contributed by atoms with Crippen LogP contribution in [0.5, 0.6) is 11.5 Å². The second-order valence-electron chi connectivity index (χ2n) is 4.78. The molecule has 0 radical (unpaired) electrons. The first-order valence-electron chi connectivity index (χ1n) is 6.91. The molecule has 0 fully saturated rings. The van der Waals surface area contributed by atoms with E-state index in [0.29, 0.717) is 13.2 Å². The van der Waals surface area contributed by atoms with Crippen molar-refractivity contribution in [2.75, 3.05) is 19.8 Å². The second kappa shape index (κ2) is 5.54. The summed E-state index contributed by atoms with van der Waals surface area (Å²) in [6, 6.07) is 8.04. The van der Waals surface area contributed by atoms with Crippen molar-refractivity contribution in [1.29, 1.82) is 0 Å². The highest BCUT2D eigenvalue weighted by Gasteiger charge is 2.24. The fourth-order valence-electron chi connectivity index (χ4n) is 2.49. The van der Waals surface area contributed by atoms with Crippen LogP contribution in [-0.2, 0) is 7.05 Å². The Labute approximate surface area is 118 Å². The zero-order valence-corrected chi connectivity index (χ0v) is 11.8. The lowest BCUT2D eigenvalue weighted by atomic mass is 10.0. The highest BCUT2D eigenvalue weighted by molar-refractivity contribution is 5.50. The SMILES string of the molecule is CCNC(c1ccn(C)n1)c1cccc2c1OCCO2. The van der Waals surface area contributed by atoms with Crippen LogP contribution in [0.3, 0.4) is 0 Å². The monoisotopic (exact) mass is 273 g/mol. The van der Waals surface area contributed by atoms with Gasteiger partial charge in [0.2, 0.25) is 0 Å². The number of nitrogens with one attached hydrogen (secondary N) is 1. The molecule has 20 heavy (non-hydrogen) atoms. The third-order valence-corrected chi connectivity index (χ3v) is 3.35. The predicted molar refractivity (Wildman–Crippen MR) is 76.2 cm³/mol. The summed E-state index contributed by atoms with van der Waals surface area (Å²) in [4.78, 5) is 0. The molecule has 0 spiro atoms. The van der Waals surface area contributed by atoms with E-state index in [1.165, 1.54) is 0 Å². The van der Waals surface area contributed by atoms with Crippen molar-refractivity contribution in [3.8, 4) is 11.5 Å². The Kier molecular flexibility index (Phi) is 3.60. The molecule has 106 valence electrons. The van der Waals surface area contributed by atoms with Crippen LogP contribution in [0.15, 0.2) is 30.5 Å². The van der Waals surface area contributed by atoms with Gasteiger partial charge in [-0.25, -0.2) is 0 Å². The van der Waals surface area contributed by atoms with Crippen molar-refractivity contribution < 1.29 is 9.47 Å². The van der Waals surface area contributed by atoms with Gasteiger partial charge in [0.15, 0.2) is 11.5 Å². The maximum Gasteiger partial charge on any atom is 0.166 e. The van der Waals surface area contributed by atoms with Gasteiger partial charge in [0, 0.05) is 18.8 Å². The first-order chi connectivity index (χ1) is 9.79. The summed E-state index contributed by atoms with van der Waals surface area (Å²) in [5.41, 5.74) is 2.06. The molecule has 2 aromatic rings.